The van der Waals surface area contributed by atoms with Crippen LogP contribution in [-0.2, 0) is 11.3 Å². The molecule has 1 aromatic carbocycles. The number of halogens is 3. The molecule has 0 aliphatic carbocycles. The quantitative estimate of drug-likeness (QED) is 0.862. The van der Waals surface area contributed by atoms with Crippen molar-refractivity contribution in [2.75, 3.05) is 13.1 Å². The molecule has 118 valence electrons. The third-order valence-corrected chi connectivity index (χ3v) is 2.79. The number of nitrogens with one attached hydrogen (secondary N) is 2. The van der Waals surface area contributed by atoms with Crippen molar-refractivity contribution in [1.29, 1.82) is 0 Å². The van der Waals surface area contributed by atoms with Gasteiger partial charge in [-0.25, -0.2) is 0 Å². The zero-order valence-corrected chi connectivity index (χ0v) is 11.6. The van der Waals surface area contributed by atoms with E-state index in [2.05, 4.69) is 5.32 Å². The molecule has 0 saturated heterocycles. The Morgan fingerprint density at radius 3 is 2.50 bits per heavy atom. The molecule has 0 bridgehead atoms. The van der Waals surface area contributed by atoms with Gasteiger partial charge in [0, 0.05) is 5.56 Å². The van der Waals surface area contributed by atoms with Gasteiger partial charge in [0.05, 0.1) is 13.1 Å². The third-order valence-electron chi connectivity index (χ3n) is 2.79. The maximum Gasteiger partial charge on any atom is 0.405 e. The van der Waals surface area contributed by atoms with E-state index in [0.29, 0.717) is 11.5 Å². The van der Waals surface area contributed by atoms with Crippen LogP contribution in [0.4, 0.5) is 13.2 Å². The Balaban J connectivity index is 1.76. The van der Waals surface area contributed by atoms with Crippen LogP contribution in [0, 0.1) is 0 Å². The molecule has 0 atom stereocenters. The number of rotatable bonds is 6. The maximum atomic E-state index is 11.9. The van der Waals surface area contributed by atoms with Crippen molar-refractivity contribution in [2.24, 2.45) is 0 Å². The van der Waals surface area contributed by atoms with Gasteiger partial charge in [-0.3, -0.25) is 4.79 Å². The summed E-state index contributed by atoms with van der Waals surface area (Å²) >= 11 is 0. The zero-order valence-electron chi connectivity index (χ0n) is 11.6. The Morgan fingerprint density at radius 2 is 1.82 bits per heavy atom. The predicted molar refractivity (Wildman–Crippen MR) is 74.9 cm³/mol. The van der Waals surface area contributed by atoms with E-state index in [-0.39, 0.29) is 13.1 Å². The summed E-state index contributed by atoms with van der Waals surface area (Å²) < 4.78 is 41.3. The zero-order chi connectivity index (χ0) is 16.0. The lowest BCUT2D eigenvalue weighted by Gasteiger charge is -2.08. The summed E-state index contributed by atoms with van der Waals surface area (Å²) in [4.78, 5) is 11.2. The lowest BCUT2D eigenvalue weighted by molar-refractivity contribution is -0.137. The lowest BCUT2D eigenvalue weighted by Crippen LogP contribution is -2.39. The van der Waals surface area contributed by atoms with Crippen molar-refractivity contribution in [2.45, 2.75) is 12.7 Å². The largest absolute Gasteiger partial charge is 0.460 e. The van der Waals surface area contributed by atoms with E-state index in [9.17, 15) is 18.0 Å². The van der Waals surface area contributed by atoms with Crippen LogP contribution < -0.4 is 10.6 Å². The molecular formula is C15H15F3N2O2. The molecule has 0 aliphatic heterocycles. The average molecular weight is 312 g/mol. The topological polar surface area (TPSA) is 54.3 Å². The molecule has 2 aromatic rings. The molecule has 0 fully saturated rings. The smallest absolute Gasteiger partial charge is 0.405 e. The summed E-state index contributed by atoms with van der Waals surface area (Å²) in [5, 5.41) is 4.51. The van der Waals surface area contributed by atoms with Crippen molar-refractivity contribution in [3.05, 3.63) is 48.2 Å². The molecule has 1 aromatic heterocycles. The molecule has 1 amide bonds. The molecule has 2 rings (SSSR count). The Labute approximate surface area is 125 Å². The van der Waals surface area contributed by atoms with Crippen LogP contribution in [-0.4, -0.2) is 25.2 Å². The van der Waals surface area contributed by atoms with Gasteiger partial charge in [-0.2, -0.15) is 13.2 Å². The molecular weight excluding hydrogens is 297 g/mol. The van der Waals surface area contributed by atoms with Crippen molar-refractivity contribution >= 4 is 5.91 Å². The summed E-state index contributed by atoms with van der Waals surface area (Å²) in [7, 11) is 0. The van der Waals surface area contributed by atoms with Crippen LogP contribution in [0.3, 0.4) is 0 Å². The number of furan rings is 1. The van der Waals surface area contributed by atoms with E-state index in [4.69, 9.17) is 4.42 Å². The van der Waals surface area contributed by atoms with Gasteiger partial charge in [0.1, 0.15) is 18.1 Å². The van der Waals surface area contributed by atoms with Gasteiger partial charge in [0.25, 0.3) is 0 Å². The van der Waals surface area contributed by atoms with Gasteiger partial charge in [0.2, 0.25) is 5.91 Å². The minimum atomic E-state index is -4.40. The maximum absolute atomic E-state index is 11.9. The molecule has 1 heterocycles. The fourth-order valence-electron chi connectivity index (χ4n) is 1.79. The average Bonchev–Trinajstić information content (AvgIpc) is 2.94. The monoisotopic (exact) mass is 312 g/mol. The first kappa shape index (κ1) is 16.1. The van der Waals surface area contributed by atoms with Crippen molar-refractivity contribution < 1.29 is 22.4 Å². The normalized spacial score (nSPS) is 11.4. The summed E-state index contributed by atoms with van der Waals surface area (Å²) in [6.45, 7) is -1.28. The summed E-state index contributed by atoms with van der Waals surface area (Å²) in [6, 6.07) is 13.0. The first-order valence-corrected chi connectivity index (χ1v) is 6.62. The van der Waals surface area contributed by atoms with Gasteiger partial charge in [0.15, 0.2) is 0 Å². The summed E-state index contributed by atoms with van der Waals surface area (Å²) in [5.41, 5.74) is 0.927. The molecule has 0 unspecified atom stereocenters. The van der Waals surface area contributed by atoms with Gasteiger partial charge in [-0.1, -0.05) is 30.3 Å². The third kappa shape index (κ3) is 5.25. The molecule has 7 heteroatoms. The van der Waals surface area contributed by atoms with Crippen LogP contribution in [0.2, 0.25) is 0 Å². The summed E-state index contributed by atoms with van der Waals surface area (Å²) in [5.74, 6) is 0.577. The number of alkyl halides is 3. The molecule has 4 nitrogen and oxygen atoms in total. The highest BCUT2D eigenvalue weighted by atomic mass is 19.4. The van der Waals surface area contributed by atoms with Crippen molar-refractivity contribution in [3.8, 4) is 11.3 Å². The Hall–Kier alpha value is -2.28. The minimum Gasteiger partial charge on any atom is -0.460 e. The van der Waals surface area contributed by atoms with Crippen LogP contribution >= 0.6 is 0 Å². The number of hydrogen-bond acceptors (Lipinski definition) is 3. The van der Waals surface area contributed by atoms with Crippen LogP contribution in [0.1, 0.15) is 5.76 Å². The first-order chi connectivity index (χ1) is 10.4. The predicted octanol–water partition coefficient (Wildman–Crippen LogP) is 2.71. The molecule has 0 saturated carbocycles. The van der Waals surface area contributed by atoms with E-state index >= 15 is 0 Å². The SMILES string of the molecule is O=C(CNCc1ccc(-c2ccccc2)o1)NCC(F)(F)F. The molecule has 22 heavy (non-hydrogen) atoms. The Morgan fingerprint density at radius 1 is 1.09 bits per heavy atom. The minimum absolute atomic E-state index is 0.211. The molecule has 0 aliphatic rings. The molecule has 0 spiro atoms. The van der Waals surface area contributed by atoms with E-state index in [1.54, 1.807) is 17.4 Å². The van der Waals surface area contributed by atoms with E-state index in [1.807, 2.05) is 30.3 Å². The number of carbonyl (C=O) groups is 1. The van der Waals surface area contributed by atoms with Crippen molar-refractivity contribution in [3.63, 3.8) is 0 Å². The second-order valence-corrected chi connectivity index (χ2v) is 4.63. The van der Waals surface area contributed by atoms with Gasteiger partial charge >= 0.3 is 6.18 Å². The highest BCUT2D eigenvalue weighted by Crippen LogP contribution is 2.21. The van der Waals surface area contributed by atoms with Crippen molar-refractivity contribution in [1.82, 2.24) is 10.6 Å². The number of benzene rings is 1. The number of amides is 1. The standard InChI is InChI=1S/C15H15F3N2O2/c16-15(17,18)10-20-14(21)9-19-8-12-6-7-13(22-12)11-4-2-1-3-5-11/h1-7,19H,8-10H2,(H,20,21). The van der Waals surface area contributed by atoms with E-state index in [0.717, 1.165) is 5.56 Å². The van der Waals surface area contributed by atoms with E-state index in [1.165, 1.54) is 0 Å². The van der Waals surface area contributed by atoms with Crippen LogP contribution in [0.5, 0.6) is 0 Å². The molecule has 2 N–H and O–H groups in total. The summed E-state index contributed by atoms with van der Waals surface area (Å²) in [6.07, 6.45) is -4.40. The fraction of sp³-hybridized carbons (Fsp3) is 0.267. The number of carbonyl (C=O) groups excluding carboxylic acids is 1. The second-order valence-electron chi connectivity index (χ2n) is 4.63. The Bertz CT molecular complexity index is 609. The highest BCUT2D eigenvalue weighted by Gasteiger charge is 2.27. The fourth-order valence-corrected chi connectivity index (χ4v) is 1.79. The second kappa shape index (κ2) is 7.13. The first-order valence-electron chi connectivity index (χ1n) is 6.62. The van der Waals surface area contributed by atoms with Gasteiger partial charge < -0.3 is 15.1 Å². The number of hydrogen-bond donors (Lipinski definition) is 2. The Kier molecular flexibility index (Phi) is 5.21. The van der Waals surface area contributed by atoms with Gasteiger partial charge in [-0.05, 0) is 12.1 Å². The van der Waals surface area contributed by atoms with Gasteiger partial charge in [-0.15, -0.1) is 0 Å². The lowest BCUT2D eigenvalue weighted by atomic mass is 10.2. The molecule has 0 radical (unpaired) electrons. The van der Waals surface area contributed by atoms with Crippen LogP contribution in [0.15, 0.2) is 46.9 Å². The van der Waals surface area contributed by atoms with Crippen LogP contribution in [0.25, 0.3) is 11.3 Å². The van der Waals surface area contributed by atoms with E-state index < -0.39 is 18.6 Å². The highest BCUT2D eigenvalue weighted by molar-refractivity contribution is 5.78.